The van der Waals surface area contributed by atoms with E-state index in [0.717, 1.165) is 29.0 Å². The Bertz CT molecular complexity index is 690. The lowest BCUT2D eigenvalue weighted by Crippen LogP contribution is -2.54. The highest BCUT2D eigenvalue weighted by Crippen LogP contribution is 2.60. The number of rotatable bonds is 1. The highest BCUT2D eigenvalue weighted by Gasteiger charge is 2.61. The second-order valence-electron chi connectivity index (χ2n) is 6.44. The van der Waals surface area contributed by atoms with Crippen LogP contribution in [-0.4, -0.2) is 19.0 Å². The third kappa shape index (κ3) is 1.37. The molecule has 1 aliphatic heterocycles. The molecule has 1 aromatic carbocycles. The molecule has 0 radical (unpaired) electrons. The Hall–Kier alpha value is -2.02. The van der Waals surface area contributed by atoms with E-state index in [1.807, 2.05) is 12.1 Å². The number of hydrogen-bond acceptors (Lipinski definition) is 4. The highest BCUT2D eigenvalue weighted by molar-refractivity contribution is 5.86. The average molecular weight is 283 g/mol. The van der Waals surface area contributed by atoms with Crippen LogP contribution in [0.3, 0.4) is 0 Å². The van der Waals surface area contributed by atoms with E-state index in [4.69, 9.17) is 9.47 Å². The Morgan fingerprint density at radius 3 is 3.00 bits per heavy atom. The van der Waals surface area contributed by atoms with Crippen molar-refractivity contribution in [1.29, 1.82) is 5.26 Å². The number of nitriles is 1. The van der Waals surface area contributed by atoms with E-state index in [1.54, 1.807) is 7.11 Å². The standard InChI is InChI=1S/C17H17NO3/c1-17-13-6-4-11(19)14(17)10(8-18)7-9-3-5-12(20-2)16(21-13)15(9)17/h3,5,10,13-14H,4,6-7H2,1-2H3/t10-,13+,14-,17+/m1/s1. The molecular formula is C17H17NO3. The summed E-state index contributed by atoms with van der Waals surface area (Å²) in [5.74, 6) is 1.23. The molecule has 0 bridgehead atoms. The van der Waals surface area contributed by atoms with E-state index < -0.39 is 0 Å². The van der Waals surface area contributed by atoms with Crippen molar-refractivity contribution < 1.29 is 14.3 Å². The molecule has 2 aliphatic carbocycles. The molecule has 0 aromatic heterocycles. The quantitative estimate of drug-likeness (QED) is 0.794. The minimum Gasteiger partial charge on any atom is -0.493 e. The largest absolute Gasteiger partial charge is 0.493 e. The Kier molecular flexibility index (Phi) is 2.42. The third-order valence-corrected chi connectivity index (χ3v) is 5.55. The van der Waals surface area contributed by atoms with Crippen LogP contribution in [0.25, 0.3) is 0 Å². The van der Waals surface area contributed by atoms with Crippen LogP contribution < -0.4 is 9.47 Å². The van der Waals surface area contributed by atoms with Crippen LogP contribution in [-0.2, 0) is 16.6 Å². The predicted octanol–water partition coefficient (Wildman–Crippen LogP) is 2.39. The number of methoxy groups -OCH3 is 1. The average Bonchev–Trinajstić information content (AvgIpc) is 2.79. The van der Waals surface area contributed by atoms with Gasteiger partial charge in [-0.2, -0.15) is 5.26 Å². The zero-order valence-electron chi connectivity index (χ0n) is 12.2. The fourth-order valence-electron chi connectivity index (χ4n) is 4.66. The zero-order valence-corrected chi connectivity index (χ0v) is 12.2. The van der Waals surface area contributed by atoms with E-state index in [9.17, 15) is 10.1 Å². The highest BCUT2D eigenvalue weighted by atomic mass is 16.5. The van der Waals surface area contributed by atoms with E-state index in [0.29, 0.717) is 12.8 Å². The molecule has 1 fully saturated rings. The first-order chi connectivity index (χ1) is 10.1. The second-order valence-corrected chi connectivity index (χ2v) is 6.44. The van der Waals surface area contributed by atoms with Gasteiger partial charge in [0.1, 0.15) is 11.9 Å². The third-order valence-electron chi connectivity index (χ3n) is 5.55. The number of carbonyl (C=O) groups is 1. The van der Waals surface area contributed by atoms with Gasteiger partial charge in [-0.05, 0) is 24.5 Å². The summed E-state index contributed by atoms with van der Waals surface area (Å²) in [6.45, 7) is 2.09. The number of carbonyl (C=O) groups excluding carboxylic acids is 1. The molecule has 0 spiro atoms. The maximum atomic E-state index is 12.5. The van der Waals surface area contributed by atoms with E-state index >= 15 is 0 Å². The van der Waals surface area contributed by atoms with Crippen molar-refractivity contribution in [3.8, 4) is 17.6 Å². The van der Waals surface area contributed by atoms with Crippen molar-refractivity contribution >= 4 is 5.78 Å². The Morgan fingerprint density at radius 2 is 2.29 bits per heavy atom. The summed E-state index contributed by atoms with van der Waals surface area (Å²) in [4.78, 5) is 12.5. The normalized spacial score (nSPS) is 35.7. The molecule has 0 saturated heterocycles. The first kappa shape index (κ1) is 12.7. The molecule has 4 nitrogen and oxygen atoms in total. The summed E-state index contributed by atoms with van der Waals surface area (Å²) in [6.07, 6.45) is 1.84. The predicted molar refractivity (Wildman–Crippen MR) is 75.3 cm³/mol. The van der Waals surface area contributed by atoms with Crippen LogP contribution in [0.1, 0.15) is 30.9 Å². The van der Waals surface area contributed by atoms with Gasteiger partial charge in [-0.1, -0.05) is 13.0 Å². The first-order valence-electron chi connectivity index (χ1n) is 7.40. The van der Waals surface area contributed by atoms with Crippen LogP contribution in [0, 0.1) is 23.2 Å². The summed E-state index contributed by atoms with van der Waals surface area (Å²) >= 11 is 0. The number of hydrogen-bond donors (Lipinski definition) is 0. The molecule has 0 N–H and O–H groups in total. The van der Waals surface area contributed by atoms with Crippen LogP contribution in [0.5, 0.6) is 11.5 Å². The number of ketones is 1. The van der Waals surface area contributed by atoms with E-state index in [2.05, 4.69) is 13.0 Å². The lowest BCUT2D eigenvalue weighted by atomic mass is 9.54. The van der Waals surface area contributed by atoms with Crippen LogP contribution >= 0.6 is 0 Å². The van der Waals surface area contributed by atoms with Crippen LogP contribution in [0.15, 0.2) is 12.1 Å². The van der Waals surface area contributed by atoms with Gasteiger partial charge in [-0.15, -0.1) is 0 Å². The van der Waals surface area contributed by atoms with Gasteiger partial charge in [0.15, 0.2) is 11.5 Å². The SMILES string of the molecule is COc1ccc2c3c1O[C@H]1CCC(=O)[C@@H]([C@@H](C#N)C2)[C@@]31C. The Balaban J connectivity index is 2.01. The van der Waals surface area contributed by atoms with E-state index in [-0.39, 0.29) is 29.1 Å². The molecule has 1 aromatic rings. The first-order valence-corrected chi connectivity index (χ1v) is 7.40. The number of ether oxygens (including phenoxy) is 2. The maximum Gasteiger partial charge on any atom is 0.165 e. The van der Waals surface area contributed by atoms with Crippen molar-refractivity contribution in [2.75, 3.05) is 7.11 Å². The van der Waals surface area contributed by atoms with Crippen molar-refractivity contribution in [3.63, 3.8) is 0 Å². The molecule has 4 heteroatoms. The number of nitrogens with zero attached hydrogens (tertiary/aromatic N) is 1. The lowest BCUT2D eigenvalue weighted by molar-refractivity contribution is -0.132. The van der Waals surface area contributed by atoms with Crippen LogP contribution in [0.2, 0.25) is 0 Å². The molecule has 4 atom stereocenters. The molecule has 1 heterocycles. The minimum absolute atomic E-state index is 0.0265. The summed E-state index contributed by atoms with van der Waals surface area (Å²) in [5, 5.41) is 9.52. The maximum absolute atomic E-state index is 12.5. The number of Topliss-reactive ketones (excluding diaryl/α,β-unsaturated/α-hetero) is 1. The van der Waals surface area contributed by atoms with Gasteiger partial charge in [0, 0.05) is 23.3 Å². The minimum atomic E-state index is -0.382. The molecule has 21 heavy (non-hydrogen) atoms. The molecule has 0 amide bonds. The van der Waals surface area contributed by atoms with Gasteiger partial charge in [0.25, 0.3) is 0 Å². The summed E-state index contributed by atoms with van der Waals surface area (Å²) in [5.41, 5.74) is 1.86. The topological polar surface area (TPSA) is 59.3 Å². The van der Waals surface area contributed by atoms with Crippen molar-refractivity contribution in [3.05, 3.63) is 23.3 Å². The van der Waals surface area contributed by atoms with Crippen molar-refractivity contribution in [2.24, 2.45) is 11.8 Å². The van der Waals surface area contributed by atoms with Gasteiger partial charge in [0.05, 0.1) is 19.1 Å². The van der Waals surface area contributed by atoms with Gasteiger partial charge in [-0.3, -0.25) is 4.79 Å². The number of benzene rings is 1. The zero-order chi connectivity index (χ0) is 14.8. The van der Waals surface area contributed by atoms with Gasteiger partial charge < -0.3 is 9.47 Å². The fourth-order valence-corrected chi connectivity index (χ4v) is 4.66. The smallest absolute Gasteiger partial charge is 0.165 e. The lowest BCUT2D eigenvalue weighted by Gasteiger charge is -2.46. The summed E-state index contributed by atoms with van der Waals surface area (Å²) in [7, 11) is 1.63. The van der Waals surface area contributed by atoms with Crippen molar-refractivity contribution in [1.82, 2.24) is 0 Å². The summed E-state index contributed by atoms with van der Waals surface area (Å²) < 4.78 is 11.6. The molecule has 4 rings (SSSR count). The Labute approximate surface area is 123 Å². The van der Waals surface area contributed by atoms with Crippen LogP contribution in [0.4, 0.5) is 0 Å². The molecule has 0 unspecified atom stereocenters. The molecule has 1 saturated carbocycles. The molecule has 108 valence electrons. The second kappa shape index (κ2) is 4.00. The van der Waals surface area contributed by atoms with Gasteiger partial charge in [-0.25, -0.2) is 0 Å². The monoisotopic (exact) mass is 283 g/mol. The van der Waals surface area contributed by atoms with Gasteiger partial charge in [0.2, 0.25) is 0 Å². The molecular weight excluding hydrogens is 266 g/mol. The van der Waals surface area contributed by atoms with Gasteiger partial charge >= 0.3 is 0 Å². The van der Waals surface area contributed by atoms with E-state index in [1.165, 1.54) is 0 Å². The summed E-state index contributed by atoms with van der Waals surface area (Å²) in [6, 6.07) is 6.29. The Morgan fingerprint density at radius 1 is 1.48 bits per heavy atom. The fraction of sp³-hybridized carbons (Fsp3) is 0.529. The molecule has 3 aliphatic rings. The van der Waals surface area contributed by atoms with Crippen molar-refractivity contribution in [2.45, 2.75) is 37.7 Å².